The van der Waals surface area contributed by atoms with Crippen LogP contribution in [0.1, 0.15) is 42.1 Å². The fourth-order valence-corrected chi connectivity index (χ4v) is 4.77. The van der Waals surface area contributed by atoms with Crippen LogP contribution in [0.2, 0.25) is 0 Å². The van der Waals surface area contributed by atoms with Crippen LogP contribution in [0.25, 0.3) is 0 Å². The highest BCUT2D eigenvalue weighted by atomic mass is 19.1. The van der Waals surface area contributed by atoms with Gasteiger partial charge < -0.3 is 20.9 Å². The quantitative estimate of drug-likeness (QED) is 0.346. The maximum Gasteiger partial charge on any atom is 0.319 e. The van der Waals surface area contributed by atoms with E-state index in [4.69, 9.17) is 0 Å². The molecular weight excluding hydrogens is 471 g/mol. The van der Waals surface area contributed by atoms with E-state index in [0.29, 0.717) is 36.1 Å². The first-order chi connectivity index (χ1) is 18.0. The van der Waals surface area contributed by atoms with Crippen LogP contribution < -0.4 is 16.0 Å². The molecule has 196 valence electrons. The highest BCUT2D eigenvalue weighted by Gasteiger charge is 2.20. The Morgan fingerprint density at radius 3 is 2.76 bits per heavy atom. The molecule has 0 saturated carbocycles. The summed E-state index contributed by atoms with van der Waals surface area (Å²) >= 11 is 0. The van der Waals surface area contributed by atoms with Crippen LogP contribution in [-0.2, 0) is 13.0 Å². The molecule has 1 aromatic heterocycles. The van der Waals surface area contributed by atoms with Gasteiger partial charge in [-0.25, -0.2) is 13.9 Å². The molecule has 1 atom stereocenters. The molecule has 4 rings (SSSR count). The smallest absolute Gasteiger partial charge is 0.319 e. The van der Waals surface area contributed by atoms with Crippen molar-refractivity contribution in [3.8, 4) is 0 Å². The molecule has 1 unspecified atom stereocenters. The van der Waals surface area contributed by atoms with Crippen LogP contribution >= 0.6 is 0 Å². The first-order valence-electron chi connectivity index (χ1n) is 12.9. The molecule has 1 aliphatic heterocycles. The van der Waals surface area contributed by atoms with Crippen molar-refractivity contribution < 1.29 is 14.0 Å². The standard InChI is InChI=1S/C28H35FN6O2/c1-2-35-26(13-15-31-35)33-27(36)23-7-3-8-25(19-23)32-28(37)30-14-5-17-34-16-4-6-22(20-34)18-21-9-11-24(29)12-10-21/h3,7-13,15,19,22H,2,4-6,14,16-18,20H2,1H3,(H,33,36)(H2,30,32,37). The van der Waals surface area contributed by atoms with Gasteiger partial charge in [0.1, 0.15) is 11.6 Å². The van der Waals surface area contributed by atoms with Crippen LogP contribution in [-0.4, -0.2) is 52.8 Å². The molecule has 2 aromatic carbocycles. The van der Waals surface area contributed by atoms with E-state index in [2.05, 4.69) is 25.9 Å². The van der Waals surface area contributed by atoms with Gasteiger partial charge in [-0.3, -0.25) is 4.79 Å². The van der Waals surface area contributed by atoms with Gasteiger partial charge in [0.2, 0.25) is 0 Å². The van der Waals surface area contributed by atoms with E-state index in [9.17, 15) is 14.0 Å². The monoisotopic (exact) mass is 506 g/mol. The fourth-order valence-electron chi connectivity index (χ4n) is 4.77. The number of amides is 3. The number of hydrogen-bond donors (Lipinski definition) is 3. The van der Waals surface area contributed by atoms with Crippen molar-refractivity contribution in [2.24, 2.45) is 5.92 Å². The van der Waals surface area contributed by atoms with Crippen molar-refractivity contribution in [2.75, 3.05) is 36.8 Å². The van der Waals surface area contributed by atoms with Crippen LogP contribution in [0.5, 0.6) is 0 Å². The van der Waals surface area contributed by atoms with E-state index in [-0.39, 0.29) is 17.8 Å². The van der Waals surface area contributed by atoms with E-state index in [0.717, 1.165) is 38.9 Å². The number of urea groups is 1. The van der Waals surface area contributed by atoms with Gasteiger partial charge in [-0.05, 0) is 87.5 Å². The van der Waals surface area contributed by atoms with Gasteiger partial charge in [0.25, 0.3) is 5.91 Å². The third-order valence-corrected chi connectivity index (χ3v) is 6.62. The molecule has 2 heterocycles. The van der Waals surface area contributed by atoms with Gasteiger partial charge in [-0.15, -0.1) is 0 Å². The molecule has 3 amide bonds. The number of aromatic nitrogens is 2. The van der Waals surface area contributed by atoms with E-state index in [1.165, 1.54) is 24.1 Å². The third-order valence-electron chi connectivity index (χ3n) is 6.62. The number of rotatable bonds is 10. The fraction of sp³-hybridized carbons (Fsp3) is 0.393. The van der Waals surface area contributed by atoms with Gasteiger partial charge >= 0.3 is 6.03 Å². The number of anilines is 2. The number of halogens is 1. The molecule has 0 radical (unpaired) electrons. The second kappa shape index (κ2) is 13.0. The van der Waals surface area contributed by atoms with E-state index < -0.39 is 0 Å². The van der Waals surface area contributed by atoms with Gasteiger partial charge in [-0.2, -0.15) is 5.10 Å². The summed E-state index contributed by atoms with van der Waals surface area (Å²) in [5.74, 6) is 0.736. The summed E-state index contributed by atoms with van der Waals surface area (Å²) in [7, 11) is 0. The highest BCUT2D eigenvalue weighted by molar-refractivity contribution is 6.04. The Hall–Kier alpha value is -3.72. The molecule has 37 heavy (non-hydrogen) atoms. The summed E-state index contributed by atoms with van der Waals surface area (Å²) < 4.78 is 14.9. The maximum atomic E-state index is 13.2. The largest absolute Gasteiger partial charge is 0.338 e. The predicted molar refractivity (Wildman–Crippen MR) is 143 cm³/mol. The third kappa shape index (κ3) is 7.88. The number of benzene rings is 2. The van der Waals surface area contributed by atoms with Crippen molar-refractivity contribution in [1.82, 2.24) is 20.0 Å². The lowest BCUT2D eigenvalue weighted by atomic mass is 9.91. The molecule has 0 spiro atoms. The SMILES string of the molecule is CCn1nccc1NC(=O)c1cccc(NC(=O)NCCCN2CCCC(Cc3ccc(F)cc3)C2)c1. The summed E-state index contributed by atoms with van der Waals surface area (Å²) in [5, 5.41) is 12.7. The molecule has 9 heteroatoms. The van der Waals surface area contributed by atoms with Crippen LogP contribution in [0.15, 0.2) is 60.8 Å². The highest BCUT2D eigenvalue weighted by Crippen LogP contribution is 2.21. The van der Waals surface area contributed by atoms with Crippen LogP contribution in [0.3, 0.4) is 0 Å². The predicted octanol–water partition coefficient (Wildman–Crippen LogP) is 4.76. The van der Waals surface area contributed by atoms with E-state index >= 15 is 0 Å². The van der Waals surface area contributed by atoms with Gasteiger partial charge in [0.15, 0.2) is 0 Å². The maximum absolute atomic E-state index is 13.2. The Morgan fingerprint density at radius 1 is 1.11 bits per heavy atom. The topological polar surface area (TPSA) is 91.3 Å². The minimum atomic E-state index is -0.297. The molecular formula is C28H35FN6O2. The number of likely N-dealkylation sites (tertiary alicyclic amines) is 1. The number of hydrogen-bond acceptors (Lipinski definition) is 4. The molecule has 0 bridgehead atoms. The summed E-state index contributed by atoms with van der Waals surface area (Å²) in [5.41, 5.74) is 2.18. The first-order valence-corrected chi connectivity index (χ1v) is 12.9. The molecule has 1 saturated heterocycles. The Kier molecular flexibility index (Phi) is 9.26. The zero-order valence-electron chi connectivity index (χ0n) is 21.3. The normalized spacial score (nSPS) is 15.8. The number of carbonyl (C=O) groups is 2. The average molecular weight is 507 g/mol. The second-order valence-corrected chi connectivity index (χ2v) is 9.44. The minimum absolute atomic E-state index is 0.194. The molecule has 3 N–H and O–H groups in total. The van der Waals surface area contributed by atoms with Crippen molar-refractivity contribution in [3.63, 3.8) is 0 Å². The van der Waals surface area contributed by atoms with Gasteiger partial charge in [-0.1, -0.05) is 18.2 Å². The van der Waals surface area contributed by atoms with Crippen molar-refractivity contribution >= 4 is 23.4 Å². The zero-order valence-corrected chi connectivity index (χ0v) is 21.3. The molecule has 1 fully saturated rings. The minimum Gasteiger partial charge on any atom is -0.338 e. The summed E-state index contributed by atoms with van der Waals surface area (Å²) in [6, 6.07) is 15.1. The van der Waals surface area contributed by atoms with Gasteiger partial charge in [0, 0.05) is 37.0 Å². The summed E-state index contributed by atoms with van der Waals surface area (Å²) in [6.45, 7) is 6.18. The van der Waals surface area contributed by atoms with Crippen molar-refractivity contribution in [1.29, 1.82) is 0 Å². The number of piperidine rings is 1. The first kappa shape index (κ1) is 26.3. The summed E-state index contributed by atoms with van der Waals surface area (Å²) in [4.78, 5) is 27.5. The van der Waals surface area contributed by atoms with Crippen LogP contribution in [0, 0.1) is 11.7 Å². The zero-order chi connectivity index (χ0) is 26.0. The van der Waals surface area contributed by atoms with E-state index in [1.54, 1.807) is 41.2 Å². The van der Waals surface area contributed by atoms with Crippen molar-refractivity contribution in [3.05, 3.63) is 77.7 Å². The van der Waals surface area contributed by atoms with Crippen LogP contribution in [0.4, 0.5) is 20.7 Å². The number of nitrogens with one attached hydrogen (secondary N) is 3. The molecule has 3 aromatic rings. The molecule has 1 aliphatic rings. The number of carbonyl (C=O) groups excluding carboxylic acids is 2. The number of aryl methyl sites for hydroxylation is 1. The van der Waals surface area contributed by atoms with Gasteiger partial charge in [0.05, 0.1) is 6.20 Å². The summed E-state index contributed by atoms with van der Waals surface area (Å²) in [6.07, 6.45) is 5.80. The lowest BCUT2D eigenvalue weighted by Crippen LogP contribution is -2.38. The average Bonchev–Trinajstić information content (AvgIpc) is 3.35. The molecule has 0 aliphatic carbocycles. The van der Waals surface area contributed by atoms with E-state index in [1.807, 2.05) is 19.1 Å². The molecule has 8 nitrogen and oxygen atoms in total. The lowest BCUT2D eigenvalue weighted by Gasteiger charge is -2.32. The second-order valence-electron chi connectivity index (χ2n) is 9.44. The Labute approximate surface area is 217 Å². The Morgan fingerprint density at radius 2 is 1.95 bits per heavy atom. The Bertz CT molecular complexity index is 1180. The Balaban J connectivity index is 1.17. The number of nitrogens with zero attached hydrogens (tertiary/aromatic N) is 3. The lowest BCUT2D eigenvalue weighted by molar-refractivity contribution is 0.102. The van der Waals surface area contributed by atoms with Crippen molar-refractivity contribution in [2.45, 2.75) is 39.2 Å².